The maximum atomic E-state index is 12.1. The number of methoxy groups -OCH3 is 1. The molecule has 0 saturated heterocycles. The number of halogens is 1. The molecular weight excluding hydrogens is 390 g/mol. The molecule has 0 spiro atoms. The predicted molar refractivity (Wildman–Crippen MR) is 93.9 cm³/mol. The van der Waals surface area contributed by atoms with Crippen LogP contribution in [0.2, 0.25) is 0 Å². The minimum atomic E-state index is -0.478. The van der Waals surface area contributed by atoms with Crippen molar-refractivity contribution in [2.45, 2.75) is 6.54 Å². The highest BCUT2D eigenvalue weighted by molar-refractivity contribution is 9.10. The molecule has 0 saturated carbocycles. The van der Waals surface area contributed by atoms with E-state index >= 15 is 0 Å². The molecule has 0 atom stereocenters. The van der Waals surface area contributed by atoms with Crippen LogP contribution in [0.25, 0.3) is 5.57 Å². The average molecular weight is 404 g/mol. The molecule has 1 aromatic carbocycles. The number of fused-ring (bicyclic) bond motifs is 1. The van der Waals surface area contributed by atoms with Gasteiger partial charge < -0.3 is 15.2 Å². The van der Waals surface area contributed by atoms with Crippen molar-refractivity contribution in [2.24, 2.45) is 0 Å². The number of benzene rings is 1. The highest BCUT2D eigenvalue weighted by atomic mass is 79.9. The Morgan fingerprint density at radius 1 is 1.28 bits per heavy atom. The molecule has 0 aliphatic carbocycles. The van der Waals surface area contributed by atoms with E-state index in [0.29, 0.717) is 22.4 Å². The van der Waals surface area contributed by atoms with Gasteiger partial charge in [-0.15, -0.1) is 0 Å². The summed E-state index contributed by atoms with van der Waals surface area (Å²) in [5.74, 6) is -0.636. The second-order valence-corrected chi connectivity index (χ2v) is 6.18. The first-order valence-electron chi connectivity index (χ1n) is 7.30. The number of rotatable bonds is 4. The molecule has 3 N–H and O–H groups in total. The van der Waals surface area contributed by atoms with E-state index in [9.17, 15) is 14.7 Å². The van der Waals surface area contributed by atoms with Crippen molar-refractivity contribution < 1.29 is 19.4 Å². The van der Waals surface area contributed by atoms with Gasteiger partial charge in [-0.25, -0.2) is 0 Å². The first-order valence-corrected chi connectivity index (χ1v) is 8.10. The van der Waals surface area contributed by atoms with Gasteiger partial charge in [-0.05, 0) is 18.2 Å². The zero-order valence-corrected chi connectivity index (χ0v) is 14.8. The van der Waals surface area contributed by atoms with Gasteiger partial charge in [0.25, 0.3) is 11.8 Å². The summed E-state index contributed by atoms with van der Waals surface area (Å²) in [7, 11) is 1.44. The predicted octanol–water partition coefficient (Wildman–Crippen LogP) is 1.96. The molecule has 3 rings (SSSR count). The molecular formula is C17H14BrN3O4. The third-order valence-corrected chi connectivity index (χ3v) is 4.13. The molecule has 2 aromatic rings. The lowest BCUT2D eigenvalue weighted by Crippen LogP contribution is -2.37. The van der Waals surface area contributed by atoms with Crippen molar-refractivity contribution in [3.63, 3.8) is 0 Å². The summed E-state index contributed by atoms with van der Waals surface area (Å²) in [6.07, 6.45) is 2.94. The maximum absolute atomic E-state index is 12.1. The van der Waals surface area contributed by atoms with Gasteiger partial charge in [0.15, 0.2) is 11.5 Å². The Morgan fingerprint density at radius 2 is 2.08 bits per heavy atom. The summed E-state index contributed by atoms with van der Waals surface area (Å²) in [6.45, 7) is 0.283. The summed E-state index contributed by atoms with van der Waals surface area (Å²) >= 11 is 3.34. The Hall–Kier alpha value is -2.87. The zero-order chi connectivity index (χ0) is 18.0. The Kier molecular flexibility index (Phi) is 4.71. The molecule has 0 unspecified atom stereocenters. The topological polar surface area (TPSA) is 101 Å². The molecule has 1 aliphatic rings. The Labute approximate surface area is 151 Å². The lowest BCUT2D eigenvalue weighted by Gasteiger charge is -2.18. The highest BCUT2D eigenvalue weighted by Gasteiger charge is 2.27. The van der Waals surface area contributed by atoms with Gasteiger partial charge in [0.05, 0.1) is 31.1 Å². The monoisotopic (exact) mass is 403 g/mol. The van der Waals surface area contributed by atoms with E-state index in [0.717, 1.165) is 4.47 Å². The summed E-state index contributed by atoms with van der Waals surface area (Å²) < 4.78 is 5.71. The number of amides is 2. The van der Waals surface area contributed by atoms with Crippen molar-refractivity contribution in [1.82, 2.24) is 15.6 Å². The second-order valence-electron chi connectivity index (χ2n) is 5.26. The number of ether oxygens (including phenoxy) is 1. The van der Waals surface area contributed by atoms with Crippen LogP contribution >= 0.6 is 15.9 Å². The fourth-order valence-electron chi connectivity index (χ4n) is 2.43. The molecule has 1 aromatic heterocycles. The Bertz CT molecular complexity index is 895. The summed E-state index contributed by atoms with van der Waals surface area (Å²) in [5, 5.41) is 15.0. The van der Waals surface area contributed by atoms with Crippen molar-refractivity contribution in [2.75, 3.05) is 7.11 Å². The number of pyridine rings is 1. The molecule has 1 aliphatic heterocycles. The van der Waals surface area contributed by atoms with Crippen molar-refractivity contribution in [3.8, 4) is 11.5 Å². The molecule has 2 amide bonds. The summed E-state index contributed by atoms with van der Waals surface area (Å²) in [6, 6.07) is 6.58. The quantitative estimate of drug-likeness (QED) is 0.532. The normalized spacial score (nSPS) is 14.9. The Morgan fingerprint density at radius 3 is 2.80 bits per heavy atom. The standard InChI is InChI=1S/C17H14BrN3O4/c1-25-15-8-20-10(5-14(15)22)6-19-7-13-12-4-9(18)2-3-11(12)16(23)21-17(13)24/h2-5,7-8,19H,6H2,1H3,(H,20,22)(H,21,23,24)/b13-7-. The van der Waals surface area contributed by atoms with Gasteiger partial charge in [-0.2, -0.15) is 0 Å². The lowest BCUT2D eigenvalue weighted by atomic mass is 9.96. The number of nitrogens with one attached hydrogen (secondary N) is 2. The number of nitrogens with zero attached hydrogens (tertiary/aromatic N) is 1. The number of carbonyl (C=O) groups excluding carboxylic acids is 2. The number of hydrogen-bond acceptors (Lipinski definition) is 6. The maximum Gasteiger partial charge on any atom is 0.260 e. The van der Waals surface area contributed by atoms with Crippen LogP contribution in [0.15, 0.2) is 41.1 Å². The minimum absolute atomic E-state index is 0.0164. The third-order valence-electron chi connectivity index (χ3n) is 3.64. The molecule has 0 radical (unpaired) electrons. The van der Waals surface area contributed by atoms with Crippen LogP contribution in [0.3, 0.4) is 0 Å². The lowest BCUT2D eigenvalue weighted by molar-refractivity contribution is -0.114. The van der Waals surface area contributed by atoms with E-state index in [4.69, 9.17) is 4.74 Å². The smallest absolute Gasteiger partial charge is 0.260 e. The fraction of sp³-hybridized carbons (Fsp3) is 0.118. The summed E-state index contributed by atoms with van der Waals surface area (Å²) in [5.41, 5.74) is 1.88. The van der Waals surface area contributed by atoms with E-state index in [-0.39, 0.29) is 18.0 Å². The molecule has 128 valence electrons. The molecule has 2 heterocycles. The molecule has 0 bridgehead atoms. The average Bonchev–Trinajstić information content (AvgIpc) is 2.57. The van der Waals surface area contributed by atoms with E-state index in [1.165, 1.54) is 25.6 Å². The number of aromatic hydroxyl groups is 1. The second kappa shape index (κ2) is 6.94. The van der Waals surface area contributed by atoms with E-state index < -0.39 is 11.8 Å². The van der Waals surface area contributed by atoms with Crippen molar-refractivity contribution in [1.29, 1.82) is 0 Å². The van der Waals surface area contributed by atoms with Gasteiger partial charge in [0.2, 0.25) is 0 Å². The third kappa shape index (κ3) is 3.48. The van der Waals surface area contributed by atoms with Crippen LogP contribution in [0.5, 0.6) is 11.5 Å². The molecule has 0 fully saturated rings. The van der Waals surface area contributed by atoms with Crippen molar-refractivity contribution in [3.05, 3.63) is 58.0 Å². The van der Waals surface area contributed by atoms with E-state index in [1.54, 1.807) is 18.2 Å². The first-order chi connectivity index (χ1) is 12.0. The fourth-order valence-corrected chi connectivity index (χ4v) is 2.79. The number of aromatic nitrogens is 1. The number of hydrogen-bond donors (Lipinski definition) is 3. The molecule has 25 heavy (non-hydrogen) atoms. The minimum Gasteiger partial charge on any atom is -0.504 e. The SMILES string of the molecule is COc1cnc(CN/C=C2\C(=O)NC(=O)c3ccc(Br)cc32)cc1O. The van der Waals surface area contributed by atoms with Crippen LogP contribution in [0, 0.1) is 0 Å². The molecule has 7 nitrogen and oxygen atoms in total. The van der Waals surface area contributed by atoms with E-state index in [1.807, 2.05) is 0 Å². The number of imide groups is 1. The summed E-state index contributed by atoms with van der Waals surface area (Å²) in [4.78, 5) is 28.2. The van der Waals surface area contributed by atoms with Crippen LogP contribution in [0.4, 0.5) is 0 Å². The molecule has 8 heteroatoms. The van der Waals surface area contributed by atoms with Gasteiger partial charge in [-0.3, -0.25) is 19.9 Å². The van der Waals surface area contributed by atoms with Crippen LogP contribution in [0.1, 0.15) is 21.6 Å². The van der Waals surface area contributed by atoms with Gasteiger partial charge in [0, 0.05) is 27.9 Å². The van der Waals surface area contributed by atoms with Gasteiger partial charge in [-0.1, -0.05) is 15.9 Å². The van der Waals surface area contributed by atoms with Gasteiger partial charge >= 0.3 is 0 Å². The van der Waals surface area contributed by atoms with Crippen molar-refractivity contribution >= 4 is 33.3 Å². The first kappa shape index (κ1) is 17.0. The Balaban J connectivity index is 1.83. The highest BCUT2D eigenvalue weighted by Crippen LogP contribution is 2.27. The van der Waals surface area contributed by atoms with Crippen LogP contribution < -0.4 is 15.4 Å². The largest absolute Gasteiger partial charge is 0.504 e. The van der Waals surface area contributed by atoms with E-state index in [2.05, 4.69) is 31.5 Å². The zero-order valence-electron chi connectivity index (χ0n) is 13.2. The van der Waals surface area contributed by atoms with Gasteiger partial charge in [0.1, 0.15) is 0 Å². The number of carbonyl (C=O) groups is 2. The van der Waals surface area contributed by atoms with Crippen LogP contribution in [-0.4, -0.2) is 29.0 Å². The van der Waals surface area contributed by atoms with Crippen LogP contribution in [-0.2, 0) is 11.3 Å².